The van der Waals surface area contributed by atoms with Crippen molar-refractivity contribution in [2.75, 3.05) is 20.3 Å². The number of hydrogen-bond acceptors (Lipinski definition) is 4. The summed E-state index contributed by atoms with van der Waals surface area (Å²) in [6.45, 7) is 5.07. The second-order valence-corrected chi connectivity index (χ2v) is 5.14. The minimum atomic E-state index is 0.220. The van der Waals surface area contributed by atoms with Gasteiger partial charge in [-0.2, -0.15) is 0 Å². The second kappa shape index (κ2) is 7.86. The molecule has 1 aromatic rings. The zero-order valence-corrected chi connectivity index (χ0v) is 12.4. The molecule has 0 heterocycles. The molecule has 0 amide bonds. The third-order valence-corrected chi connectivity index (χ3v) is 3.56. The SMILES string of the molecule is C=CCOc1ccc(CN[C@@H]2C=C[C@H](CO)C2)cc1OC. The Balaban J connectivity index is 1.91. The van der Waals surface area contributed by atoms with Gasteiger partial charge in [0.25, 0.3) is 0 Å². The van der Waals surface area contributed by atoms with Gasteiger partial charge in [0.1, 0.15) is 6.61 Å². The van der Waals surface area contributed by atoms with E-state index in [1.165, 1.54) is 0 Å². The minimum absolute atomic E-state index is 0.220. The Labute approximate surface area is 126 Å². The summed E-state index contributed by atoms with van der Waals surface area (Å²) < 4.78 is 10.9. The van der Waals surface area contributed by atoms with Crippen LogP contribution in [-0.4, -0.2) is 31.5 Å². The maximum atomic E-state index is 9.12. The van der Waals surface area contributed by atoms with Gasteiger partial charge in [0.15, 0.2) is 11.5 Å². The Bertz CT molecular complexity index is 499. The first-order chi connectivity index (χ1) is 10.3. The summed E-state index contributed by atoms with van der Waals surface area (Å²) in [4.78, 5) is 0. The number of nitrogens with one attached hydrogen (secondary N) is 1. The third-order valence-electron chi connectivity index (χ3n) is 3.56. The van der Waals surface area contributed by atoms with E-state index >= 15 is 0 Å². The molecule has 2 N–H and O–H groups in total. The zero-order valence-electron chi connectivity index (χ0n) is 12.4. The first-order valence-corrected chi connectivity index (χ1v) is 7.20. The topological polar surface area (TPSA) is 50.7 Å². The molecule has 0 aromatic heterocycles. The quantitative estimate of drug-likeness (QED) is 0.721. The summed E-state index contributed by atoms with van der Waals surface area (Å²) in [5.74, 6) is 1.74. The van der Waals surface area contributed by atoms with E-state index in [-0.39, 0.29) is 12.5 Å². The lowest BCUT2D eigenvalue weighted by Crippen LogP contribution is -2.26. The van der Waals surface area contributed by atoms with Gasteiger partial charge in [-0.25, -0.2) is 0 Å². The van der Waals surface area contributed by atoms with Crippen molar-refractivity contribution in [3.63, 3.8) is 0 Å². The summed E-state index contributed by atoms with van der Waals surface area (Å²) in [5.41, 5.74) is 1.14. The fourth-order valence-corrected chi connectivity index (χ4v) is 2.40. The van der Waals surface area contributed by atoms with Crippen molar-refractivity contribution < 1.29 is 14.6 Å². The van der Waals surface area contributed by atoms with Crippen LogP contribution >= 0.6 is 0 Å². The van der Waals surface area contributed by atoms with Gasteiger partial charge in [-0.05, 0) is 24.1 Å². The highest BCUT2D eigenvalue weighted by Crippen LogP contribution is 2.28. The van der Waals surface area contributed by atoms with Gasteiger partial charge in [-0.15, -0.1) is 0 Å². The molecule has 0 fully saturated rings. The lowest BCUT2D eigenvalue weighted by molar-refractivity contribution is 0.246. The Morgan fingerprint density at radius 2 is 2.24 bits per heavy atom. The number of aliphatic hydroxyl groups excluding tert-OH is 1. The molecular weight excluding hydrogens is 266 g/mol. The molecule has 1 aliphatic carbocycles. The molecule has 1 aromatic carbocycles. The van der Waals surface area contributed by atoms with E-state index in [9.17, 15) is 0 Å². The van der Waals surface area contributed by atoms with Gasteiger partial charge in [-0.1, -0.05) is 30.9 Å². The van der Waals surface area contributed by atoms with Crippen molar-refractivity contribution in [3.05, 3.63) is 48.6 Å². The van der Waals surface area contributed by atoms with Gasteiger partial charge in [0.05, 0.1) is 7.11 Å². The Kier molecular flexibility index (Phi) is 5.84. The molecule has 0 aliphatic heterocycles. The zero-order chi connectivity index (χ0) is 15.1. The van der Waals surface area contributed by atoms with Gasteiger partial charge < -0.3 is 19.9 Å². The van der Waals surface area contributed by atoms with E-state index in [1.807, 2.05) is 18.2 Å². The summed E-state index contributed by atoms with van der Waals surface area (Å²) in [5, 5.41) is 12.6. The number of aliphatic hydroxyl groups is 1. The number of ether oxygens (including phenoxy) is 2. The highest BCUT2D eigenvalue weighted by Gasteiger charge is 2.17. The molecule has 21 heavy (non-hydrogen) atoms. The maximum Gasteiger partial charge on any atom is 0.161 e. The fourth-order valence-electron chi connectivity index (χ4n) is 2.40. The van der Waals surface area contributed by atoms with Crippen molar-refractivity contribution in [2.45, 2.75) is 19.0 Å². The van der Waals surface area contributed by atoms with Crippen molar-refractivity contribution in [3.8, 4) is 11.5 Å². The van der Waals surface area contributed by atoms with Crippen LogP contribution < -0.4 is 14.8 Å². The van der Waals surface area contributed by atoms with E-state index in [1.54, 1.807) is 13.2 Å². The fraction of sp³-hybridized carbons (Fsp3) is 0.412. The molecule has 114 valence electrons. The van der Waals surface area contributed by atoms with Gasteiger partial charge in [0.2, 0.25) is 0 Å². The molecule has 0 spiro atoms. The standard InChI is InChI=1S/C17H23NO3/c1-3-8-21-16-7-5-13(10-17(16)20-2)11-18-15-6-4-14(9-15)12-19/h3-7,10,14-15,18-19H,1,8-9,11-12H2,2H3/t14-,15+/m0/s1. The van der Waals surface area contributed by atoms with Crippen LogP contribution in [0.3, 0.4) is 0 Å². The summed E-state index contributed by atoms with van der Waals surface area (Å²) in [6, 6.07) is 6.24. The van der Waals surface area contributed by atoms with Crippen LogP contribution in [0.1, 0.15) is 12.0 Å². The molecule has 0 radical (unpaired) electrons. The average Bonchev–Trinajstić information content (AvgIpc) is 2.99. The number of rotatable bonds is 8. The molecule has 2 rings (SSSR count). The Morgan fingerprint density at radius 3 is 2.90 bits per heavy atom. The van der Waals surface area contributed by atoms with Gasteiger partial charge in [0, 0.05) is 25.1 Å². The van der Waals surface area contributed by atoms with E-state index in [0.717, 1.165) is 30.0 Å². The van der Waals surface area contributed by atoms with Crippen molar-refractivity contribution >= 4 is 0 Å². The second-order valence-electron chi connectivity index (χ2n) is 5.14. The van der Waals surface area contributed by atoms with E-state index in [0.29, 0.717) is 12.6 Å². The Morgan fingerprint density at radius 1 is 1.38 bits per heavy atom. The van der Waals surface area contributed by atoms with Crippen molar-refractivity contribution in [2.24, 2.45) is 5.92 Å². The molecule has 0 saturated heterocycles. The predicted octanol–water partition coefficient (Wildman–Crippen LogP) is 2.29. The molecular formula is C17H23NO3. The number of hydrogen-bond donors (Lipinski definition) is 2. The molecule has 1 aliphatic rings. The number of benzene rings is 1. The maximum absolute atomic E-state index is 9.12. The summed E-state index contributed by atoms with van der Waals surface area (Å²) in [7, 11) is 1.64. The van der Waals surface area contributed by atoms with E-state index in [4.69, 9.17) is 14.6 Å². The lowest BCUT2D eigenvalue weighted by atomic mass is 10.1. The predicted molar refractivity (Wildman–Crippen MR) is 83.6 cm³/mol. The van der Waals surface area contributed by atoms with Crippen LogP contribution in [0.5, 0.6) is 11.5 Å². The lowest BCUT2D eigenvalue weighted by Gasteiger charge is -2.14. The minimum Gasteiger partial charge on any atom is -0.493 e. The molecule has 0 saturated carbocycles. The average molecular weight is 289 g/mol. The Hall–Kier alpha value is -1.78. The van der Waals surface area contributed by atoms with Crippen LogP contribution in [0.15, 0.2) is 43.0 Å². The molecule has 4 heteroatoms. The molecule has 4 nitrogen and oxygen atoms in total. The normalized spacial score (nSPS) is 20.5. The van der Waals surface area contributed by atoms with Crippen LogP contribution in [-0.2, 0) is 6.54 Å². The number of methoxy groups -OCH3 is 1. The third kappa shape index (κ3) is 4.34. The highest BCUT2D eigenvalue weighted by atomic mass is 16.5. The van der Waals surface area contributed by atoms with Gasteiger partial charge in [-0.3, -0.25) is 0 Å². The first kappa shape index (κ1) is 15.6. The molecule has 0 bridgehead atoms. The van der Waals surface area contributed by atoms with E-state index in [2.05, 4.69) is 24.0 Å². The summed E-state index contributed by atoms with van der Waals surface area (Å²) >= 11 is 0. The van der Waals surface area contributed by atoms with Crippen LogP contribution in [0, 0.1) is 5.92 Å². The summed E-state index contributed by atoms with van der Waals surface area (Å²) in [6.07, 6.45) is 6.86. The van der Waals surface area contributed by atoms with Crippen LogP contribution in [0.2, 0.25) is 0 Å². The first-order valence-electron chi connectivity index (χ1n) is 7.20. The smallest absolute Gasteiger partial charge is 0.161 e. The highest BCUT2D eigenvalue weighted by molar-refractivity contribution is 5.43. The van der Waals surface area contributed by atoms with E-state index < -0.39 is 0 Å². The van der Waals surface area contributed by atoms with Crippen LogP contribution in [0.25, 0.3) is 0 Å². The molecule has 0 unspecified atom stereocenters. The van der Waals surface area contributed by atoms with Crippen LogP contribution in [0.4, 0.5) is 0 Å². The van der Waals surface area contributed by atoms with Crippen molar-refractivity contribution in [1.29, 1.82) is 0 Å². The largest absolute Gasteiger partial charge is 0.493 e. The van der Waals surface area contributed by atoms with Crippen molar-refractivity contribution in [1.82, 2.24) is 5.32 Å². The van der Waals surface area contributed by atoms with Gasteiger partial charge >= 0.3 is 0 Å². The monoisotopic (exact) mass is 289 g/mol. The molecule has 2 atom stereocenters.